The zero-order chi connectivity index (χ0) is 19.4. The zero-order valence-electron chi connectivity index (χ0n) is 16.0. The molecule has 3 fully saturated rings. The largest absolute Gasteiger partial charge is 0.395 e. The zero-order valence-corrected chi connectivity index (χ0v) is 16.9. The summed E-state index contributed by atoms with van der Waals surface area (Å²) in [6, 6.07) is 0.00696. The van der Waals surface area contributed by atoms with Crippen molar-refractivity contribution < 1.29 is 20.4 Å². The van der Waals surface area contributed by atoms with Crippen molar-refractivity contribution in [3.05, 3.63) is 0 Å². The molecule has 0 amide bonds. The molecule has 2 saturated heterocycles. The van der Waals surface area contributed by atoms with E-state index in [4.69, 9.17) is 12.2 Å². The Balaban J connectivity index is 1.45. The molecule has 7 nitrogen and oxygen atoms in total. The Morgan fingerprint density at radius 3 is 2.26 bits per heavy atom. The molecule has 0 radical (unpaired) electrons. The minimum atomic E-state index is -1.19. The summed E-state index contributed by atoms with van der Waals surface area (Å²) in [4.78, 5) is 4.19. The Kier molecular flexibility index (Phi) is 7.70. The number of hydrogen-bond acceptors (Lipinski definition) is 6. The predicted molar refractivity (Wildman–Crippen MR) is 107 cm³/mol. The van der Waals surface area contributed by atoms with Gasteiger partial charge in [-0.3, -0.25) is 4.90 Å². The molecule has 156 valence electrons. The summed E-state index contributed by atoms with van der Waals surface area (Å²) in [7, 11) is 0. The number of aliphatic hydroxyl groups excluding tert-OH is 4. The van der Waals surface area contributed by atoms with Crippen LogP contribution in [0.4, 0.5) is 0 Å². The van der Waals surface area contributed by atoms with Crippen molar-refractivity contribution in [1.82, 2.24) is 15.1 Å². The summed E-state index contributed by atoms with van der Waals surface area (Å²) in [5.41, 5.74) is 0. The van der Waals surface area contributed by atoms with Crippen LogP contribution in [-0.2, 0) is 0 Å². The Hall–Kier alpha value is -0.510. The van der Waals surface area contributed by atoms with Crippen LogP contribution in [0.3, 0.4) is 0 Å². The van der Waals surface area contributed by atoms with E-state index in [1.54, 1.807) is 0 Å². The van der Waals surface area contributed by atoms with Crippen molar-refractivity contribution in [2.45, 2.75) is 75.3 Å². The first kappa shape index (κ1) is 21.2. The second-order valence-electron chi connectivity index (χ2n) is 8.47. The van der Waals surface area contributed by atoms with Gasteiger partial charge in [0.1, 0.15) is 12.2 Å². The highest BCUT2D eigenvalue weighted by molar-refractivity contribution is 7.80. The molecule has 27 heavy (non-hydrogen) atoms. The third-order valence-corrected chi connectivity index (χ3v) is 6.92. The first-order valence-corrected chi connectivity index (χ1v) is 10.8. The lowest BCUT2D eigenvalue weighted by molar-refractivity contribution is -0.148. The number of piperidine rings is 2. The van der Waals surface area contributed by atoms with E-state index in [9.17, 15) is 20.4 Å². The summed E-state index contributed by atoms with van der Waals surface area (Å²) in [5.74, 6) is 0.433. The fourth-order valence-electron chi connectivity index (χ4n) is 4.75. The lowest BCUT2D eigenvalue weighted by Crippen LogP contribution is -2.63. The summed E-state index contributed by atoms with van der Waals surface area (Å²) in [6.45, 7) is 2.59. The molecule has 4 atom stereocenters. The number of likely N-dealkylation sites (tertiary alicyclic amines) is 2. The fraction of sp³-hybridized carbons (Fsp3) is 0.947. The summed E-state index contributed by atoms with van der Waals surface area (Å²) in [5, 5.41) is 44.0. The molecule has 2 heterocycles. The Morgan fingerprint density at radius 2 is 1.63 bits per heavy atom. The maximum Gasteiger partial charge on any atom is 0.169 e. The number of hydrogen-bond donors (Lipinski definition) is 5. The topological polar surface area (TPSA) is 99.4 Å². The van der Waals surface area contributed by atoms with Crippen molar-refractivity contribution >= 4 is 17.3 Å². The quantitative estimate of drug-likeness (QED) is 0.408. The molecule has 8 heteroatoms. The van der Waals surface area contributed by atoms with Gasteiger partial charge in [-0.25, -0.2) is 0 Å². The minimum Gasteiger partial charge on any atom is -0.395 e. The molecule has 0 unspecified atom stereocenters. The molecule has 0 spiro atoms. The van der Waals surface area contributed by atoms with Gasteiger partial charge in [-0.2, -0.15) is 0 Å². The average molecular weight is 402 g/mol. The van der Waals surface area contributed by atoms with Crippen LogP contribution in [-0.4, -0.2) is 98.5 Å². The number of aliphatic hydroxyl groups is 4. The lowest BCUT2D eigenvalue weighted by atomic mass is 9.90. The van der Waals surface area contributed by atoms with E-state index in [2.05, 4.69) is 10.2 Å². The van der Waals surface area contributed by atoms with E-state index < -0.39 is 24.4 Å². The van der Waals surface area contributed by atoms with Crippen LogP contribution < -0.4 is 5.32 Å². The predicted octanol–water partition coefficient (Wildman–Crippen LogP) is -0.335. The van der Waals surface area contributed by atoms with E-state index in [0.717, 1.165) is 31.0 Å². The lowest BCUT2D eigenvalue weighted by Gasteiger charge is -2.45. The molecule has 0 bridgehead atoms. The minimum absolute atomic E-state index is 0.223. The van der Waals surface area contributed by atoms with Gasteiger partial charge in [0.25, 0.3) is 0 Å². The third-order valence-electron chi connectivity index (χ3n) is 6.54. The van der Waals surface area contributed by atoms with E-state index in [1.807, 2.05) is 4.90 Å². The normalized spacial score (nSPS) is 34.6. The van der Waals surface area contributed by atoms with Crippen LogP contribution in [0, 0.1) is 5.92 Å². The number of β-amino-alcohol motifs (C(OH)–C–C–N with tert-alkyl or cyclic N) is 1. The Labute approximate surface area is 167 Å². The second-order valence-corrected chi connectivity index (χ2v) is 8.85. The summed E-state index contributed by atoms with van der Waals surface area (Å²) >= 11 is 5.61. The summed E-state index contributed by atoms with van der Waals surface area (Å²) < 4.78 is 0. The van der Waals surface area contributed by atoms with Crippen LogP contribution in [0.15, 0.2) is 0 Å². The Morgan fingerprint density at radius 1 is 0.963 bits per heavy atom. The maximum absolute atomic E-state index is 10.1. The molecular weight excluding hydrogens is 366 g/mol. The molecule has 3 aliphatic rings. The third kappa shape index (κ3) is 5.31. The van der Waals surface area contributed by atoms with Crippen LogP contribution in [0.25, 0.3) is 0 Å². The fourth-order valence-corrected chi connectivity index (χ4v) is 5.10. The molecule has 1 saturated carbocycles. The molecule has 1 aliphatic carbocycles. The van der Waals surface area contributed by atoms with Crippen molar-refractivity contribution in [1.29, 1.82) is 0 Å². The van der Waals surface area contributed by atoms with Crippen LogP contribution in [0.1, 0.15) is 44.9 Å². The van der Waals surface area contributed by atoms with Gasteiger partial charge in [-0.05, 0) is 43.8 Å². The van der Waals surface area contributed by atoms with Gasteiger partial charge in [0.05, 0.1) is 18.8 Å². The van der Waals surface area contributed by atoms with Crippen LogP contribution >= 0.6 is 12.2 Å². The highest BCUT2D eigenvalue weighted by Gasteiger charge is 2.41. The first-order valence-electron chi connectivity index (χ1n) is 10.4. The van der Waals surface area contributed by atoms with Gasteiger partial charge in [0, 0.05) is 32.2 Å². The molecule has 0 aromatic carbocycles. The van der Waals surface area contributed by atoms with Crippen LogP contribution in [0.2, 0.25) is 0 Å². The van der Waals surface area contributed by atoms with E-state index in [0.29, 0.717) is 18.5 Å². The average Bonchev–Trinajstić information content (AvgIpc) is 2.68. The van der Waals surface area contributed by atoms with Crippen LogP contribution in [0.5, 0.6) is 0 Å². The number of nitrogens with zero attached hydrogens (tertiary/aromatic N) is 2. The smallest absolute Gasteiger partial charge is 0.169 e. The van der Waals surface area contributed by atoms with E-state index >= 15 is 0 Å². The van der Waals surface area contributed by atoms with Crippen molar-refractivity contribution in [2.24, 2.45) is 5.92 Å². The molecule has 2 aliphatic heterocycles. The van der Waals surface area contributed by atoms with Gasteiger partial charge in [-0.15, -0.1) is 0 Å². The van der Waals surface area contributed by atoms with Gasteiger partial charge < -0.3 is 30.6 Å². The Bertz CT molecular complexity index is 484. The van der Waals surface area contributed by atoms with Gasteiger partial charge in [0.15, 0.2) is 5.11 Å². The molecule has 3 rings (SSSR count). The van der Waals surface area contributed by atoms with Gasteiger partial charge in [-0.1, -0.05) is 19.3 Å². The van der Waals surface area contributed by atoms with E-state index in [1.165, 1.54) is 32.1 Å². The maximum atomic E-state index is 10.1. The standard InChI is InChI=1S/C19H35N3O4S/c23-12-15-17(25)18(26)16(24)11-22(15)10-13-6-8-21(9-7-13)19(27)20-14-4-2-1-3-5-14/h13-18,23-26H,1-12H2,(H,20,27)/t15-,16+,17-,18-/m1/s1. The second kappa shape index (κ2) is 9.80. The van der Waals surface area contributed by atoms with Gasteiger partial charge in [0.2, 0.25) is 0 Å². The monoisotopic (exact) mass is 401 g/mol. The number of rotatable bonds is 4. The first-order chi connectivity index (χ1) is 13.0. The SMILES string of the molecule is OC[C@@H]1[C@@H](O)[C@H](O)[C@@H](O)CN1CC1CCN(C(=S)NC2CCCCC2)CC1. The van der Waals surface area contributed by atoms with Crippen molar-refractivity contribution in [3.8, 4) is 0 Å². The molecule has 0 aromatic heterocycles. The van der Waals surface area contributed by atoms with Crippen molar-refractivity contribution in [2.75, 3.05) is 32.8 Å². The molecular formula is C19H35N3O4S. The highest BCUT2D eigenvalue weighted by atomic mass is 32.1. The van der Waals surface area contributed by atoms with Gasteiger partial charge >= 0.3 is 0 Å². The highest BCUT2D eigenvalue weighted by Crippen LogP contribution is 2.25. The van der Waals surface area contributed by atoms with E-state index in [-0.39, 0.29) is 13.2 Å². The van der Waals surface area contributed by atoms with Crippen molar-refractivity contribution in [3.63, 3.8) is 0 Å². The number of nitrogens with one attached hydrogen (secondary N) is 1. The molecule has 5 N–H and O–H groups in total. The summed E-state index contributed by atoms with van der Waals surface area (Å²) in [6.07, 6.45) is 5.04. The number of thiocarbonyl (C=S) groups is 1. The molecule has 0 aromatic rings.